The van der Waals surface area contributed by atoms with Crippen LogP contribution in [0.15, 0.2) is 36.6 Å². The van der Waals surface area contributed by atoms with Gasteiger partial charge in [0.2, 0.25) is 0 Å². The molecule has 0 spiro atoms. The van der Waals surface area contributed by atoms with Crippen LogP contribution in [0.25, 0.3) is 0 Å². The Hall–Kier alpha value is -0.980. The predicted molar refractivity (Wildman–Crippen MR) is 109 cm³/mol. The van der Waals surface area contributed by atoms with Crippen molar-refractivity contribution in [2.75, 3.05) is 0 Å². The molecule has 1 heteroatoms. The molecule has 0 aromatic carbocycles. The van der Waals surface area contributed by atoms with E-state index >= 15 is 0 Å². The summed E-state index contributed by atoms with van der Waals surface area (Å²) < 4.78 is 4.57. The van der Waals surface area contributed by atoms with E-state index < -0.39 is 0 Å². The van der Waals surface area contributed by atoms with Crippen LogP contribution in [0.3, 0.4) is 0 Å². The standard InChI is InChI=1S/C23H41O/c1-3-4-5-6-7-8-9-10-11-12-13-14-15-16-17-18-19-20-21-22-23-24-2/h18-23H,2-17H2,1H3. The average Bonchev–Trinajstić information content (AvgIpc) is 2.60. The molecule has 0 saturated carbocycles. The molecule has 0 aliphatic rings. The Balaban J connectivity index is 3.11. The lowest BCUT2D eigenvalue weighted by Crippen LogP contribution is -1.83. The van der Waals surface area contributed by atoms with Crippen molar-refractivity contribution in [2.24, 2.45) is 0 Å². The van der Waals surface area contributed by atoms with Gasteiger partial charge in [0.05, 0.1) is 6.26 Å². The molecule has 0 saturated heterocycles. The maximum atomic E-state index is 4.57. The van der Waals surface area contributed by atoms with Crippen molar-refractivity contribution in [1.29, 1.82) is 0 Å². The minimum atomic E-state index is 1.19. The van der Waals surface area contributed by atoms with Gasteiger partial charge in [-0.25, -0.2) is 0 Å². The first kappa shape index (κ1) is 23.0. The molecule has 0 bridgehead atoms. The highest BCUT2D eigenvalue weighted by atomic mass is 16.5. The molecule has 0 N–H and O–H groups in total. The van der Waals surface area contributed by atoms with Gasteiger partial charge in [0.15, 0.2) is 0 Å². The fraction of sp³-hybridized carbons (Fsp3) is 0.696. The Bertz CT molecular complexity index is 301. The zero-order valence-electron chi connectivity index (χ0n) is 16.2. The zero-order chi connectivity index (χ0) is 17.6. The zero-order valence-corrected chi connectivity index (χ0v) is 16.2. The van der Waals surface area contributed by atoms with Gasteiger partial charge in [-0.3, -0.25) is 0 Å². The van der Waals surface area contributed by atoms with E-state index in [0.29, 0.717) is 0 Å². The Kier molecular flexibility index (Phi) is 21.1. The van der Waals surface area contributed by atoms with Crippen molar-refractivity contribution in [1.82, 2.24) is 0 Å². The summed E-state index contributed by atoms with van der Waals surface area (Å²) in [5.41, 5.74) is 0. The van der Waals surface area contributed by atoms with Gasteiger partial charge in [-0.2, -0.15) is 0 Å². The van der Waals surface area contributed by atoms with E-state index in [2.05, 4.69) is 30.9 Å². The fourth-order valence-electron chi connectivity index (χ4n) is 2.86. The van der Waals surface area contributed by atoms with E-state index in [1.165, 1.54) is 96.3 Å². The van der Waals surface area contributed by atoms with E-state index in [1.54, 1.807) is 6.26 Å². The lowest BCUT2D eigenvalue weighted by molar-refractivity contribution is 0.394. The van der Waals surface area contributed by atoms with Crippen LogP contribution < -0.4 is 0 Å². The number of allylic oxidation sites excluding steroid dienone is 5. The van der Waals surface area contributed by atoms with E-state index in [-0.39, 0.29) is 0 Å². The van der Waals surface area contributed by atoms with Crippen LogP contribution in [0.4, 0.5) is 0 Å². The third-order valence-corrected chi connectivity index (χ3v) is 4.37. The Morgan fingerprint density at radius 3 is 1.54 bits per heavy atom. The summed E-state index contributed by atoms with van der Waals surface area (Å²) in [7, 11) is 3.27. The molecule has 0 aromatic rings. The highest BCUT2D eigenvalue weighted by molar-refractivity contribution is 5.09. The van der Waals surface area contributed by atoms with Crippen molar-refractivity contribution < 1.29 is 4.74 Å². The monoisotopic (exact) mass is 333 g/mol. The number of rotatable bonds is 18. The largest absolute Gasteiger partial charge is 0.498 e. The molecule has 1 nitrogen and oxygen atoms in total. The van der Waals surface area contributed by atoms with Gasteiger partial charge in [-0.15, -0.1) is 0 Å². The summed E-state index contributed by atoms with van der Waals surface area (Å²) >= 11 is 0. The lowest BCUT2D eigenvalue weighted by atomic mass is 10.0. The van der Waals surface area contributed by atoms with Gasteiger partial charge < -0.3 is 4.74 Å². The van der Waals surface area contributed by atoms with Gasteiger partial charge in [0, 0.05) is 0 Å². The maximum Gasteiger partial charge on any atom is 0.121 e. The third kappa shape index (κ3) is 21.0. The third-order valence-electron chi connectivity index (χ3n) is 4.37. The lowest BCUT2D eigenvalue weighted by Gasteiger charge is -2.02. The highest BCUT2D eigenvalue weighted by Gasteiger charge is 1.93. The molecule has 0 amide bonds. The molecule has 0 atom stereocenters. The molecule has 1 radical (unpaired) electrons. The van der Waals surface area contributed by atoms with Crippen LogP contribution in [-0.2, 0) is 4.74 Å². The molecule has 0 unspecified atom stereocenters. The van der Waals surface area contributed by atoms with E-state index in [4.69, 9.17) is 0 Å². The van der Waals surface area contributed by atoms with E-state index in [9.17, 15) is 0 Å². The molecule has 0 aliphatic carbocycles. The first-order chi connectivity index (χ1) is 11.9. The normalized spacial score (nSPS) is 12.1. The Morgan fingerprint density at radius 2 is 1.04 bits per heavy atom. The molecule has 0 aromatic heterocycles. The Labute approximate surface area is 152 Å². The van der Waals surface area contributed by atoms with Crippen molar-refractivity contribution in [2.45, 2.75) is 103 Å². The molecule has 0 heterocycles. The first-order valence-electron chi connectivity index (χ1n) is 10.3. The smallest absolute Gasteiger partial charge is 0.121 e. The molecule has 0 fully saturated rings. The van der Waals surface area contributed by atoms with Gasteiger partial charge >= 0.3 is 0 Å². The van der Waals surface area contributed by atoms with Crippen LogP contribution in [0.1, 0.15) is 103 Å². The number of hydrogen-bond acceptors (Lipinski definition) is 1. The minimum Gasteiger partial charge on any atom is -0.498 e. The number of ether oxygens (including phenoxy) is 1. The second-order valence-electron chi connectivity index (χ2n) is 6.69. The molecule has 0 aliphatic heterocycles. The van der Waals surface area contributed by atoms with Crippen LogP contribution in [-0.4, -0.2) is 0 Å². The van der Waals surface area contributed by atoms with Crippen LogP contribution in [0.2, 0.25) is 0 Å². The topological polar surface area (TPSA) is 9.23 Å². The highest BCUT2D eigenvalue weighted by Crippen LogP contribution is 2.13. The van der Waals surface area contributed by atoms with E-state index in [1.807, 2.05) is 18.2 Å². The minimum absolute atomic E-state index is 1.19. The summed E-state index contributed by atoms with van der Waals surface area (Å²) in [6, 6.07) is 0. The summed E-state index contributed by atoms with van der Waals surface area (Å²) in [6.07, 6.45) is 32.9. The van der Waals surface area contributed by atoms with Gasteiger partial charge in [-0.1, -0.05) is 115 Å². The van der Waals surface area contributed by atoms with Crippen LogP contribution in [0, 0.1) is 7.11 Å². The first-order valence-corrected chi connectivity index (χ1v) is 10.3. The van der Waals surface area contributed by atoms with Crippen molar-refractivity contribution in [3.8, 4) is 0 Å². The van der Waals surface area contributed by atoms with Crippen molar-refractivity contribution >= 4 is 0 Å². The second kappa shape index (κ2) is 22.0. The van der Waals surface area contributed by atoms with Crippen LogP contribution >= 0.6 is 0 Å². The Morgan fingerprint density at radius 1 is 0.583 bits per heavy atom. The molecule has 24 heavy (non-hydrogen) atoms. The quantitative estimate of drug-likeness (QED) is 0.139. The number of unbranched alkanes of at least 4 members (excludes halogenated alkanes) is 14. The molecule has 139 valence electrons. The fourth-order valence-corrected chi connectivity index (χ4v) is 2.86. The van der Waals surface area contributed by atoms with Crippen LogP contribution in [0.5, 0.6) is 0 Å². The average molecular weight is 334 g/mol. The SMILES string of the molecule is [CH2]OC=CC=CC=CCCCCCCCCCCCCCCCC. The van der Waals surface area contributed by atoms with E-state index in [0.717, 1.165) is 0 Å². The van der Waals surface area contributed by atoms with Crippen molar-refractivity contribution in [3.05, 3.63) is 43.8 Å². The number of hydrogen-bond donors (Lipinski definition) is 0. The summed E-state index contributed by atoms with van der Waals surface area (Å²) in [5.74, 6) is 0. The molecular formula is C23H41O. The summed E-state index contributed by atoms with van der Waals surface area (Å²) in [5, 5.41) is 0. The maximum absolute atomic E-state index is 4.57. The summed E-state index contributed by atoms with van der Waals surface area (Å²) in [6.45, 7) is 2.29. The van der Waals surface area contributed by atoms with Gasteiger partial charge in [0.1, 0.15) is 7.11 Å². The predicted octanol–water partition coefficient (Wildman–Crippen LogP) is 8.29. The van der Waals surface area contributed by atoms with Gasteiger partial charge in [-0.05, 0) is 18.9 Å². The second-order valence-corrected chi connectivity index (χ2v) is 6.69. The molecule has 0 rings (SSSR count). The van der Waals surface area contributed by atoms with Crippen molar-refractivity contribution in [3.63, 3.8) is 0 Å². The van der Waals surface area contributed by atoms with Gasteiger partial charge in [0.25, 0.3) is 0 Å². The molecular weight excluding hydrogens is 292 g/mol. The summed E-state index contributed by atoms with van der Waals surface area (Å²) in [4.78, 5) is 0.